The number of fused-ring (bicyclic) bond motifs is 1. The lowest BCUT2D eigenvalue weighted by molar-refractivity contribution is 0.768. The summed E-state index contributed by atoms with van der Waals surface area (Å²) in [5, 5.41) is 8.12. The standard InChI is InChI=1S/C10H9N5O/c1-14-4-8(3-12-14)7-2-9-10(16)11-6-13-15(9)5-7/h2-6H,1H3,(H,11,13,16). The number of hydrogen-bond donors (Lipinski definition) is 1. The summed E-state index contributed by atoms with van der Waals surface area (Å²) in [5.41, 5.74) is 2.27. The normalized spacial score (nSPS) is 11.1. The summed E-state index contributed by atoms with van der Waals surface area (Å²) in [6.07, 6.45) is 6.83. The first kappa shape index (κ1) is 8.90. The molecule has 1 N–H and O–H groups in total. The van der Waals surface area contributed by atoms with Crippen molar-refractivity contribution in [2.24, 2.45) is 7.05 Å². The van der Waals surface area contributed by atoms with E-state index >= 15 is 0 Å². The van der Waals surface area contributed by atoms with Crippen molar-refractivity contribution in [1.29, 1.82) is 0 Å². The predicted octanol–water partition coefficient (Wildman–Crippen LogP) is 0.423. The molecule has 0 saturated carbocycles. The minimum atomic E-state index is -0.148. The Kier molecular flexibility index (Phi) is 1.70. The molecule has 0 aliphatic carbocycles. The van der Waals surface area contributed by atoms with Crippen LogP contribution in [0.1, 0.15) is 0 Å². The molecule has 3 aromatic heterocycles. The van der Waals surface area contributed by atoms with Gasteiger partial charge in [-0.15, -0.1) is 0 Å². The van der Waals surface area contributed by atoms with Crippen molar-refractivity contribution in [3.8, 4) is 11.1 Å². The van der Waals surface area contributed by atoms with Crippen molar-refractivity contribution in [3.63, 3.8) is 0 Å². The maximum Gasteiger partial charge on any atom is 0.275 e. The third-order valence-electron chi connectivity index (χ3n) is 2.45. The molecule has 3 aromatic rings. The van der Waals surface area contributed by atoms with E-state index in [1.165, 1.54) is 6.33 Å². The van der Waals surface area contributed by atoms with Gasteiger partial charge in [0.25, 0.3) is 5.56 Å². The first-order valence-electron chi connectivity index (χ1n) is 4.79. The van der Waals surface area contributed by atoms with E-state index in [1.54, 1.807) is 21.5 Å². The fraction of sp³-hybridized carbons (Fsp3) is 0.100. The number of hydrogen-bond acceptors (Lipinski definition) is 3. The van der Waals surface area contributed by atoms with Crippen LogP contribution in [0.2, 0.25) is 0 Å². The van der Waals surface area contributed by atoms with Crippen LogP contribution in [0.3, 0.4) is 0 Å². The third kappa shape index (κ3) is 1.23. The number of rotatable bonds is 1. The Morgan fingerprint density at radius 3 is 2.81 bits per heavy atom. The predicted molar refractivity (Wildman–Crippen MR) is 58.0 cm³/mol. The third-order valence-corrected chi connectivity index (χ3v) is 2.45. The van der Waals surface area contributed by atoms with Gasteiger partial charge in [0.05, 0.1) is 6.20 Å². The van der Waals surface area contributed by atoms with E-state index in [-0.39, 0.29) is 5.56 Å². The van der Waals surface area contributed by atoms with Gasteiger partial charge in [-0.3, -0.25) is 9.48 Å². The van der Waals surface area contributed by atoms with Crippen molar-refractivity contribution in [1.82, 2.24) is 24.4 Å². The molecule has 0 saturated heterocycles. The van der Waals surface area contributed by atoms with Crippen LogP contribution >= 0.6 is 0 Å². The first-order valence-corrected chi connectivity index (χ1v) is 4.79. The summed E-state index contributed by atoms with van der Waals surface area (Å²) >= 11 is 0. The smallest absolute Gasteiger partial charge is 0.275 e. The molecule has 6 nitrogen and oxygen atoms in total. The molecule has 3 rings (SSSR count). The van der Waals surface area contributed by atoms with Crippen LogP contribution in [0.25, 0.3) is 16.6 Å². The van der Waals surface area contributed by atoms with Crippen LogP contribution in [0.4, 0.5) is 0 Å². The Morgan fingerprint density at radius 2 is 2.12 bits per heavy atom. The molecule has 0 fully saturated rings. The second kappa shape index (κ2) is 3.06. The van der Waals surface area contributed by atoms with Crippen molar-refractivity contribution >= 4 is 5.52 Å². The topological polar surface area (TPSA) is 68.0 Å². The number of H-pyrrole nitrogens is 1. The van der Waals surface area contributed by atoms with E-state index in [1.807, 2.05) is 19.4 Å². The van der Waals surface area contributed by atoms with E-state index in [9.17, 15) is 4.79 Å². The van der Waals surface area contributed by atoms with Crippen LogP contribution in [-0.2, 0) is 7.05 Å². The number of aromatic amines is 1. The number of aromatic nitrogens is 5. The maximum absolute atomic E-state index is 11.5. The summed E-state index contributed by atoms with van der Waals surface area (Å²) in [6.45, 7) is 0. The van der Waals surface area contributed by atoms with Crippen LogP contribution in [-0.4, -0.2) is 24.4 Å². The summed E-state index contributed by atoms with van der Waals surface area (Å²) in [6, 6.07) is 1.79. The van der Waals surface area contributed by atoms with Crippen molar-refractivity contribution < 1.29 is 0 Å². The molecule has 0 radical (unpaired) electrons. The summed E-state index contributed by atoms with van der Waals surface area (Å²) in [5.74, 6) is 0. The summed E-state index contributed by atoms with van der Waals surface area (Å²) in [7, 11) is 1.85. The lowest BCUT2D eigenvalue weighted by atomic mass is 10.2. The van der Waals surface area contributed by atoms with E-state index in [0.29, 0.717) is 5.52 Å². The zero-order valence-electron chi connectivity index (χ0n) is 8.58. The second-order valence-corrected chi connectivity index (χ2v) is 3.58. The summed E-state index contributed by atoms with van der Waals surface area (Å²) < 4.78 is 3.27. The number of nitrogens with one attached hydrogen (secondary N) is 1. The lowest BCUT2D eigenvalue weighted by Crippen LogP contribution is -2.09. The quantitative estimate of drug-likeness (QED) is 0.639. The largest absolute Gasteiger partial charge is 0.310 e. The maximum atomic E-state index is 11.5. The molecule has 80 valence electrons. The van der Waals surface area contributed by atoms with Gasteiger partial charge < -0.3 is 4.98 Å². The Bertz CT molecular complexity index is 705. The average molecular weight is 215 g/mol. The molecule has 0 aromatic carbocycles. The Morgan fingerprint density at radius 1 is 1.25 bits per heavy atom. The highest BCUT2D eigenvalue weighted by atomic mass is 16.1. The molecule has 6 heteroatoms. The lowest BCUT2D eigenvalue weighted by Gasteiger charge is -1.88. The second-order valence-electron chi connectivity index (χ2n) is 3.58. The van der Waals surface area contributed by atoms with E-state index in [0.717, 1.165) is 11.1 Å². The molecule has 0 spiro atoms. The van der Waals surface area contributed by atoms with Crippen molar-refractivity contribution in [3.05, 3.63) is 41.3 Å². The van der Waals surface area contributed by atoms with Crippen LogP contribution < -0.4 is 5.56 Å². The molecule has 0 aliphatic rings. The number of nitrogens with zero attached hydrogens (tertiary/aromatic N) is 4. The number of aryl methyl sites for hydroxylation is 1. The Hall–Kier alpha value is -2.37. The van der Waals surface area contributed by atoms with E-state index < -0.39 is 0 Å². The fourth-order valence-corrected chi connectivity index (χ4v) is 1.67. The Labute approximate surface area is 90.1 Å². The van der Waals surface area contributed by atoms with Gasteiger partial charge in [-0.2, -0.15) is 10.2 Å². The molecule has 0 unspecified atom stereocenters. The molecule has 0 aliphatic heterocycles. The van der Waals surface area contributed by atoms with Crippen molar-refractivity contribution in [2.75, 3.05) is 0 Å². The molecule has 3 heterocycles. The van der Waals surface area contributed by atoms with Crippen LogP contribution in [0.5, 0.6) is 0 Å². The minimum absolute atomic E-state index is 0.148. The SMILES string of the molecule is Cn1cc(-c2cc3c(=O)[nH]cnn3c2)cn1. The van der Waals surface area contributed by atoms with Gasteiger partial charge in [0.1, 0.15) is 11.8 Å². The first-order chi connectivity index (χ1) is 7.74. The van der Waals surface area contributed by atoms with E-state index in [2.05, 4.69) is 15.2 Å². The highest BCUT2D eigenvalue weighted by Gasteiger charge is 2.06. The monoisotopic (exact) mass is 215 g/mol. The average Bonchev–Trinajstić information content (AvgIpc) is 2.84. The van der Waals surface area contributed by atoms with Gasteiger partial charge in [0.2, 0.25) is 0 Å². The summed E-state index contributed by atoms with van der Waals surface area (Å²) in [4.78, 5) is 14.0. The zero-order chi connectivity index (χ0) is 11.1. The minimum Gasteiger partial charge on any atom is -0.310 e. The van der Waals surface area contributed by atoms with Gasteiger partial charge in [-0.25, -0.2) is 4.52 Å². The zero-order valence-corrected chi connectivity index (χ0v) is 8.58. The molecular weight excluding hydrogens is 206 g/mol. The van der Waals surface area contributed by atoms with Gasteiger partial charge in [-0.1, -0.05) is 0 Å². The Balaban J connectivity index is 2.26. The van der Waals surface area contributed by atoms with Gasteiger partial charge in [0.15, 0.2) is 0 Å². The van der Waals surface area contributed by atoms with E-state index in [4.69, 9.17) is 0 Å². The molecule has 16 heavy (non-hydrogen) atoms. The van der Waals surface area contributed by atoms with Gasteiger partial charge >= 0.3 is 0 Å². The molecule has 0 amide bonds. The highest BCUT2D eigenvalue weighted by molar-refractivity contribution is 5.68. The van der Waals surface area contributed by atoms with Gasteiger partial charge in [0, 0.05) is 30.6 Å². The molecular formula is C10H9N5O. The fourth-order valence-electron chi connectivity index (χ4n) is 1.67. The molecule has 0 atom stereocenters. The van der Waals surface area contributed by atoms with Crippen molar-refractivity contribution in [2.45, 2.75) is 0 Å². The van der Waals surface area contributed by atoms with Crippen LogP contribution in [0.15, 0.2) is 35.8 Å². The van der Waals surface area contributed by atoms with Gasteiger partial charge in [-0.05, 0) is 6.07 Å². The highest BCUT2D eigenvalue weighted by Crippen LogP contribution is 2.19. The van der Waals surface area contributed by atoms with Crippen LogP contribution in [0, 0.1) is 0 Å². The molecule has 0 bridgehead atoms.